The van der Waals surface area contributed by atoms with Crippen molar-refractivity contribution in [2.45, 2.75) is 0 Å². The van der Waals surface area contributed by atoms with E-state index in [-0.39, 0.29) is 0 Å². The molecule has 0 aliphatic rings. The Hall–Kier alpha value is -0.770. The maximum atomic E-state index is 4.63. The van der Waals surface area contributed by atoms with Gasteiger partial charge in [0, 0.05) is 12.4 Å². The lowest BCUT2D eigenvalue weighted by Crippen LogP contribution is -1.94. The number of rotatable bonds is 1. The fourth-order valence-corrected chi connectivity index (χ4v) is 0.618. The molecule has 0 amide bonds. The molecule has 0 fully saturated rings. The van der Waals surface area contributed by atoms with E-state index in [9.17, 15) is 0 Å². The third kappa shape index (κ3) is 0.742. The van der Waals surface area contributed by atoms with Crippen molar-refractivity contribution in [3.63, 3.8) is 0 Å². The van der Waals surface area contributed by atoms with Gasteiger partial charge in [0.15, 0.2) is 0 Å². The summed E-state index contributed by atoms with van der Waals surface area (Å²) in [5.41, 5.74) is 0.861. The summed E-state index contributed by atoms with van der Waals surface area (Å²) in [4.78, 5) is 0. The van der Waals surface area contributed by atoms with E-state index in [1.165, 1.54) is 0 Å². The predicted octanol–water partition coefficient (Wildman–Crippen LogP) is 0.163. The minimum atomic E-state index is 0.861. The monoisotopic (exact) mass is 127 g/mol. The summed E-state index contributed by atoms with van der Waals surface area (Å²) in [7, 11) is 1.80. The number of aryl methyl sites for hydroxylation is 1. The van der Waals surface area contributed by atoms with E-state index in [0.717, 1.165) is 5.69 Å². The van der Waals surface area contributed by atoms with E-state index >= 15 is 0 Å². The number of thiocarbonyl (C=S) groups is 1. The van der Waals surface area contributed by atoms with Crippen LogP contribution in [0.5, 0.6) is 0 Å². The van der Waals surface area contributed by atoms with Crippen LogP contribution in [0.15, 0.2) is 6.20 Å². The molecule has 0 saturated carbocycles. The van der Waals surface area contributed by atoms with Crippen molar-refractivity contribution >= 4 is 17.6 Å². The molecule has 1 aromatic rings. The molecule has 0 atom stereocenters. The Morgan fingerprint density at radius 2 is 2.62 bits per heavy atom. The molecule has 0 saturated heterocycles. The Balaban J connectivity index is 3.09. The highest BCUT2D eigenvalue weighted by atomic mass is 32.1. The molecule has 0 spiro atoms. The maximum Gasteiger partial charge on any atom is 0.0917 e. The fourth-order valence-electron chi connectivity index (χ4n) is 0.404. The molecule has 1 heterocycles. The van der Waals surface area contributed by atoms with Gasteiger partial charge in [0.2, 0.25) is 0 Å². The number of aromatic nitrogens is 3. The molecule has 4 heteroatoms. The molecule has 0 aliphatic carbocycles. The first-order valence-electron chi connectivity index (χ1n) is 2.14. The molecular weight excluding hydrogens is 122 g/mol. The van der Waals surface area contributed by atoms with Crippen molar-refractivity contribution in [1.29, 1.82) is 0 Å². The van der Waals surface area contributed by atoms with Crippen LogP contribution >= 0.6 is 12.2 Å². The first kappa shape index (κ1) is 5.37. The quantitative estimate of drug-likeness (QED) is 0.503. The number of nitrogens with zero attached hydrogens (tertiary/aromatic N) is 3. The summed E-state index contributed by atoms with van der Waals surface area (Å²) in [6.07, 6.45) is 1.62. The van der Waals surface area contributed by atoms with Gasteiger partial charge in [-0.1, -0.05) is 17.4 Å². The summed E-state index contributed by atoms with van der Waals surface area (Å²) < 4.78 is 1.62. The van der Waals surface area contributed by atoms with Crippen LogP contribution in [0.1, 0.15) is 5.69 Å². The van der Waals surface area contributed by atoms with E-state index in [2.05, 4.69) is 22.5 Å². The van der Waals surface area contributed by atoms with Gasteiger partial charge >= 0.3 is 0 Å². The van der Waals surface area contributed by atoms with Crippen molar-refractivity contribution in [3.05, 3.63) is 11.9 Å². The van der Waals surface area contributed by atoms with Crippen LogP contribution in [0.2, 0.25) is 0 Å². The van der Waals surface area contributed by atoms with E-state index < -0.39 is 0 Å². The zero-order chi connectivity index (χ0) is 5.98. The van der Waals surface area contributed by atoms with Gasteiger partial charge in [-0.15, -0.1) is 5.10 Å². The second-order valence-electron chi connectivity index (χ2n) is 1.40. The first-order chi connectivity index (χ1) is 3.84. The predicted molar refractivity (Wildman–Crippen MR) is 33.8 cm³/mol. The minimum absolute atomic E-state index is 0.861. The van der Waals surface area contributed by atoms with Crippen LogP contribution in [-0.4, -0.2) is 20.4 Å². The fraction of sp³-hybridized carbons (Fsp3) is 0.250. The maximum absolute atomic E-state index is 4.63. The zero-order valence-electron chi connectivity index (χ0n) is 4.40. The third-order valence-corrected chi connectivity index (χ3v) is 1.11. The molecule has 0 unspecified atom stereocenters. The van der Waals surface area contributed by atoms with Crippen molar-refractivity contribution in [2.75, 3.05) is 0 Å². The van der Waals surface area contributed by atoms with Crippen LogP contribution < -0.4 is 0 Å². The number of hydrogen-bond donors (Lipinski definition) is 0. The van der Waals surface area contributed by atoms with Crippen molar-refractivity contribution in [1.82, 2.24) is 15.0 Å². The Morgan fingerprint density at radius 1 is 1.88 bits per heavy atom. The Labute approximate surface area is 52.3 Å². The highest BCUT2D eigenvalue weighted by Crippen LogP contribution is 1.85. The topological polar surface area (TPSA) is 30.7 Å². The summed E-state index contributed by atoms with van der Waals surface area (Å²) in [5.74, 6) is 0. The van der Waals surface area contributed by atoms with Gasteiger partial charge < -0.3 is 0 Å². The molecule has 0 bridgehead atoms. The molecule has 0 radical (unpaired) electrons. The van der Waals surface area contributed by atoms with E-state index in [1.54, 1.807) is 23.3 Å². The van der Waals surface area contributed by atoms with Gasteiger partial charge in [0.1, 0.15) is 0 Å². The lowest BCUT2D eigenvalue weighted by molar-refractivity contribution is 0.712. The molecule has 3 nitrogen and oxygen atoms in total. The average Bonchev–Trinajstić information content (AvgIpc) is 2.14. The van der Waals surface area contributed by atoms with E-state index in [0.29, 0.717) is 0 Å². The largest absolute Gasteiger partial charge is 0.248 e. The van der Waals surface area contributed by atoms with Gasteiger partial charge in [-0.2, -0.15) is 0 Å². The van der Waals surface area contributed by atoms with Crippen LogP contribution in [0, 0.1) is 0 Å². The number of hydrogen-bond acceptors (Lipinski definition) is 3. The van der Waals surface area contributed by atoms with Gasteiger partial charge in [-0.05, 0) is 0 Å². The summed E-state index contributed by atoms with van der Waals surface area (Å²) in [6, 6.07) is 0. The third-order valence-electron chi connectivity index (χ3n) is 0.870. The highest BCUT2D eigenvalue weighted by Gasteiger charge is 1.89. The van der Waals surface area contributed by atoms with Crippen molar-refractivity contribution in [2.24, 2.45) is 7.05 Å². The second-order valence-corrected chi connectivity index (χ2v) is 1.64. The lowest BCUT2D eigenvalue weighted by Gasteiger charge is -1.85. The van der Waals surface area contributed by atoms with Crippen molar-refractivity contribution in [3.8, 4) is 0 Å². The average molecular weight is 127 g/mol. The van der Waals surface area contributed by atoms with E-state index in [1.807, 2.05) is 0 Å². The smallest absolute Gasteiger partial charge is 0.0917 e. The first-order valence-corrected chi connectivity index (χ1v) is 2.61. The Bertz CT molecular complexity index is 193. The summed E-state index contributed by atoms with van der Waals surface area (Å²) >= 11 is 4.63. The summed E-state index contributed by atoms with van der Waals surface area (Å²) in [5, 5.41) is 8.81. The molecule has 0 aliphatic heterocycles. The molecule has 8 heavy (non-hydrogen) atoms. The standard InChI is InChI=1S/C4H5N3S/c1-7-4(3-8)2-5-6-7/h2-3H,1H3. The van der Waals surface area contributed by atoms with Crippen LogP contribution in [0.25, 0.3) is 0 Å². The van der Waals surface area contributed by atoms with Crippen LogP contribution in [-0.2, 0) is 7.05 Å². The Kier molecular flexibility index (Phi) is 1.34. The SMILES string of the molecule is Cn1nncc1C=S. The Morgan fingerprint density at radius 3 is 2.88 bits per heavy atom. The van der Waals surface area contributed by atoms with Gasteiger partial charge in [0.25, 0.3) is 0 Å². The zero-order valence-corrected chi connectivity index (χ0v) is 5.22. The minimum Gasteiger partial charge on any atom is -0.248 e. The van der Waals surface area contributed by atoms with Gasteiger partial charge in [-0.3, -0.25) is 0 Å². The molecule has 0 N–H and O–H groups in total. The van der Waals surface area contributed by atoms with Crippen LogP contribution in [0.3, 0.4) is 0 Å². The molecule has 1 aromatic heterocycles. The molecule has 42 valence electrons. The van der Waals surface area contributed by atoms with Crippen LogP contribution in [0.4, 0.5) is 0 Å². The van der Waals surface area contributed by atoms with Gasteiger partial charge in [0.05, 0.1) is 11.9 Å². The molecule has 1 rings (SSSR count). The molecular formula is C4H5N3S. The molecule has 0 aromatic carbocycles. The van der Waals surface area contributed by atoms with Crippen molar-refractivity contribution < 1.29 is 0 Å². The van der Waals surface area contributed by atoms with E-state index in [4.69, 9.17) is 0 Å². The van der Waals surface area contributed by atoms with Gasteiger partial charge in [-0.25, -0.2) is 4.68 Å². The second kappa shape index (κ2) is 2.00. The lowest BCUT2D eigenvalue weighted by atomic mass is 10.5. The normalized spacial score (nSPS) is 9.12. The highest BCUT2D eigenvalue weighted by molar-refractivity contribution is 7.79. The summed E-state index contributed by atoms with van der Waals surface area (Å²) in [6.45, 7) is 0.